The van der Waals surface area contributed by atoms with E-state index in [0.29, 0.717) is 23.9 Å². The van der Waals surface area contributed by atoms with E-state index in [-0.39, 0.29) is 19.1 Å². The summed E-state index contributed by atoms with van der Waals surface area (Å²) in [6.45, 7) is 4.61. The summed E-state index contributed by atoms with van der Waals surface area (Å²) in [6.07, 6.45) is 75.2. The van der Waals surface area contributed by atoms with Gasteiger partial charge < -0.3 is 28.8 Å². The van der Waals surface area contributed by atoms with E-state index in [1.165, 1.54) is 161 Å². The molecule has 0 heterocycles. The number of quaternary nitrogens is 1. The molecule has 0 rings (SSSR count). The average Bonchev–Trinajstić information content (AvgIpc) is 3.35. The number of phosphoric ester groups is 1. The van der Waals surface area contributed by atoms with Gasteiger partial charge in [0.15, 0.2) is 0 Å². The van der Waals surface area contributed by atoms with Crippen LogP contribution < -0.4 is 10.2 Å². The largest absolute Gasteiger partial charge is 0.756 e. The summed E-state index contributed by atoms with van der Waals surface area (Å²) in [5, 5.41) is 14.0. The van der Waals surface area contributed by atoms with E-state index in [1.54, 1.807) is 0 Å². The van der Waals surface area contributed by atoms with Crippen molar-refractivity contribution in [3.05, 3.63) is 72.9 Å². The zero-order chi connectivity index (χ0) is 53.5. The maximum absolute atomic E-state index is 13.0. The van der Waals surface area contributed by atoms with Crippen LogP contribution in [0.4, 0.5) is 0 Å². The lowest BCUT2D eigenvalue weighted by Gasteiger charge is -2.30. The maximum Gasteiger partial charge on any atom is 0.268 e. The van der Waals surface area contributed by atoms with E-state index in [4.69, 9.17) is 9.05 Å². The van der Waals surface area contributed by atoms with Crippen molar-refractivity contribution in [2.45, 2.75) is 289 Å². The van der Waals surface area contributed by atoms with E-state index >= 15 is 0 Å². The average molecular weight is 1040 g/mol. The van der Waals surface area contributed by atoms with Crippen LogP contribution in [0.3, 0.4) is 0 Å². The Balaban J connectivity index is 4.17. The molecule has 0 saturated heterocycles. The van der Waals surface area contributed by atoms with Crippen LogP contribution in [-0.2, 0) is 18.4 Å². The monoisotopic (exact) mass is 1040 g/mol. The molecule has 73 heavy (non-hydrogen) atoms. The van der Waals surface area contributed by atoms with Crippen LogP contribution in [0.2, 0.25) is 0 Å². The second-order valence-electron chi connectivity index (χ2n) is 22.0. The van der Waals surface area contributed by atoms with E-state index < -0.39 is 20.0 Å². The van der Waals surface area contributed by atoms with E-state index in [9.17, 15) is 19.4 Å². The van der Waals surface area contributed by atoms with Crippen molar-refractivity contribution in [1.29, 1.82) is 0 Å². The van der Waals surface area contributed by atoms with Gasteiger partial charge in [-0.05, 0) is 64.2 Å². The Morgan fingerprint density at radius 2 is 0.836 bits per heavy atom. The van der Waals surface area contributed by atoms with Crippen LogP contribution in [0, 0.1) is 0 Å². The molecule has 0 fully saturated rings. The summed E-state index contributed by atoms with van der Waals surface area (Å²) in [5.41, 5.74) is 0. The zero-order valence-electron chi connectivity index (χ0n) is 48.6. The summed E-state index contributed by atoms with van der Waals surface area (Å²) >= 11 is 0. The number of likely N-dealkylation sites (N-methyl/N-ethyl adjacent to an activating group) is 1. The smallest absolute Gasteiger partial charge is 0.268 e. The van der Waals surface area contributed by atoms with Gasteiger partial charge in [0.2, 0.25) is 5.91 Å². The lowest BCUT2D eigenvalue weighted by molar-refractivity contribution is -0.870. The number of aliphatic hydroxyl groups excluding tert-OH is 1. The van der Waals surface area contributed by atoms with Crippen LogP contribution in [0.5, 0.6) is 0 Å². The number of phosphoric acid groups is 1. The van der Waals surface area contributed by atoms with Gasteiger partial charge in [-0.1, -0.05) is 279 Å². The minimum absolute atomic E-state index is 0.00355. The highest BCUT2D eigenvalue weighted by molar-refractivity contribution is 7.45. The molecule has 0 aromatic carbocycles. The highest BCUT2D eigenvalue weighted by Crippen LogP contribution is 2.38. The quantitative estimate of drug-likeness (QED) is 0.0272. The number of unbranched alkanes of at least 4 members (excludes halogenated alkanes) is 31. The Labute approximate surface area is 453 Å². The SMILES string of the molecule is CC/C=C\C/C=C\C/C=C\C/C=C\C/C=C\C/C=C\CCCCCCC(=O)NC(COP(=O)([O-])OCC[N+](C)(C)C)C(O)CCCCCCCCCCCCCCCCCCCCCCCCCCCCCC. The molecule has 3 unspecified atom stereocenters. The van der Waals surface area contributed by atoms with Gasteiger partial charge in [0.1, 0.15) is 13.2 Å². The summed E-state index contributed by atoms with van der Waals surface area (Å²) in [6, 6.07) is -0.821. The molecule has 0 aliphatic rings. The fourth-order valence-electron chi connectivity index (χ4n) is 8.93. The molecule has 8 nitrogen and oxygen atoms in total. The lowest BCUT2D eigenvalue weighted by Crippen LogP contribution is -2.46. The molecule has 1 amide bonds. The van der Waals surface area contributed by atoms with Crippen LogP contribution in [-0.4, -0.2) is 68.5 Å². The van der Waals surface area contributed by atoms with Crippen molar-refractivity contribution in [3.63, 3.8) is 0 Å². The number of carbonyl (C=O) groups excluding carboxylic acids is 1. The number of nitrogens with one attached hydrogen (secondary N) is 1. The first-order chi connectivity index (χ1) is 35.5. The number of amides is 1. The third-order valence-corrected chi connectivity index (χ3v) is 14.7. The minimum Gasteiger partial charge on any atom is -0.756 e. The Hall–Kier alpha value is -2.06. The zero-order valence-corrected chi connectivity index (χ0v) is 49.5. The first-order valence-electron chi connectivity index (χ1n) is 30.8. The Kier molecular flexibility index (Phi) is 53.2. The highest BCUT2D eigenvalue weighted by atomic mass is 31.2. The second-order valence-corrected chi connectivity index (χ2v) is 23.4. The molecule has 0 aromatic heterocycles. The summed E-state index contributed by atoms with van der Waals surface area (Å²) in [5.74, 6) is -0.188. The normalized spacial score (nSPS) is 14.3. The number of hydrogen-bond acceptors (Lipinski definition) is 6. The van der Waals surface area contributed by atoms with Gasteiger partial charge in [-0.25, -0.2) is 0 Å². The molecule has 426 valence electrons. The number of hydrogen-bond donors (Lipinski definition) is 2. The standard InChI is InChI=1S/C64H119N2O6P/c1-6-8-10-12-14-16-18-20-22-24-26-28-30-31-32-33-34-36-37-39-41-43-45-47-49-51-53-55-57-63(67)62(61-72-73(69,70)71-60-59-66(3,4)5)65-64(68)58-56-54-52-50-48-46-44-42-40-38-35-29-27-25-23-21-19-17-15-13-11-9-7-2/h9,11,15,17,21,23,27,29,38,40,44,46,62-63,67H,6-8,10,12-14,16,18-20,22,24-26,28,30-37,39,41-43,45,47-61H2,1-5H3,(H-,65,68,69,70)/b11-9-,17-15-,23-21-,29-27-,40-38-,46-44-. The molecule has 2 N–H and O–H groups in total. The molecule has 0 spiro atoms. The number of carbonyl (C=O) groups is 1. The number of rotatable bonds is 56. The van der Waals surface area contributed by atoms with Crippen molar-refractivity contribution in [2.75, 3.05) is 40.9 Å². The fourth-order valence-corrected chi connectivity index (χ4v) is 9.65. The highest BCUT2D eigenvalue weighted by Gasteiger charge is 2.24. The van der Waals surface area contributed by atoms with Crippen molar-refractivity contribution < 1.29 is 32.9 Å². The molecule has 0 saturated carbocycles. The molecular formula is C64H119N2O6P. The van der Waals surface area contributed by atoms with Gasteiger partial charge in [-0.2, -0.15) is 0 Å². The molecule has 3 atom stereocenters. The predicted octanol–water partition coefficient (Wildman–Crippen LogP) is 18.4. The van der Waals surface area contributed by atoms with Crippen molar-refractivity contribution >= 4 is 13.7 Å². The lowest BCUT2D eigenvalue weighted by atomic mass is 10.0. The fraction of sp³-hybridized carbons (Fsp3) is 0.797. The van der Waals surface area contributed by atoms with Gasteiger partial charge in [0.05, 0.1) is 39.9 Å². The van der Waals surface area contributed by atoms with Crippen LogP contribution in [0.15, 0.2) is 72.9 Å². The van der Waals surface area contributed by atoms with Crippen LogP contribution in [0.1, 0.15) is 277 Å². The summed E-state index contributed by atoms with van der Waals surface area (Å²) < 4.78 is 23.4. The van der Waals surface area contributed by atoms with E-state index in [0.717, 1.165) is 89.9 Å². The van der Waals surface area contributed by atoms with Gasteiger partial charge in [0.25, 0.3) is 7.82 Å². The number of allylic oxidation sites excluding steroid dienone is 12. The summed E-state index contributed by atoms with van der Waals surface area (Å²) in [7, 11) is 1.28. The maximum atomic E-state index is 13.0. The molecule has 9 heteroatoms. The summed E-state index contributed by atoms with van der Waals surface area (Å²) in [4.78, 5) is 25.6. The third-order valence-electron chi connectivity index (χ3n) is 13.7. The number of nitrogens with zero attached hydrogens (tertiary/aromatic N) is 1. The van der Waals surface area contributed by atoms with Gasteiger partial charge >= 0.3 is 0 Å². The van der Waals surface area contributed by atoms with Crippen molar-refractivity contribution in [1.82, 2.24) is 5.32 Å². The van der Waals surface area contributed by atoms with Gasteiger partial charge in [0, 0.05) is 6.42 Å². The molecular weight excluding hydrogens is 924 g/mol. The van der Waals surface area contributed by atoms with Crippen molar-refractivity contribution in [2.24, 2.45) is 0 Å². The minimum atomic E-state index is -4.59. The van der Waals surface area contributed by atoms with Gasteiger partial charge in [-0.3, -0.25) is 9.36 Å². The topological polar surface area (TPSA) is 108 Å². The second kappa shape index (κ2) is 54.7. The van der Waals surface area contributed by atoms with E-state index in [2.05, 4.69) is 92.1 Å². The molecule has 0 aromatic rings. The Bertz CT molecular complexity index is 1420. The van der Waals surface area contributed by atoms with Crippen LogP contribution in [0.25, 0.3) is 0 Å². The predicted molar refractivity (Wildman–Crippen MR) is 316 cm³/mol. The van der Waals surface area contributed by atoms with E-state index in [1.807, 2.05) is 21.1 Å². The van der Waals surface area contributed by atoms with Crippen molar-refractivity contribution in [3.8, 4) is 0 Å². The van der Waals surface area contributed by atoms with Crippen LogP contribution >= 0.6 is 7.82 Å². The third kappa shape index (κ3) is 57.5. The molecule has 0 radical (unpaired) electrons. The number of aliphatic hydroxyl groups is 1. The Morgan fingerprint density at radius 1 is 0.493 bits per heavy atom. The molecule has 0 bridgehead atoms. The first kappa shape index (κ1) is 70.9. The Morgan fingerprint density at radius 3 is 1.22 bits per heavy atom. The molecule has 0 aliphatic carbocycles. The molecule has 0 aliphatic heterocycles. The van der Waals surface area contributed by atoms with Gasteiger partial charge in [-0.15, -0.1) is 0 Å². The first-order valence-corrected chi connectivity index (χ1v) is 32.2.